The zero-order valence-corrected chi connectivity index (χ0v) is 10.6. The van der Waals surface area contributed by atoms with Crippen LogP contribution in [0.1, 0.15) is 11.6 Å². The molecule has 1 saturated heterocycles. The number of benzene rings is 1. The van der Waals surface area contributed by atoms with Gasteiger partial charge in [-0.2, -0.15) is 0 Å². The van der Waals surface area contributed by atoms with Gasteiger partial charge in [-0.15, -0.1) is 0 Å². The van der Waals surface area contributed by atoms with E-state index in [4.69, 9.17) is 5.11 Å². The summed E-state index contributed by atoms with van der Waals surface area (Å²) in [6.07, 6.45) is 0. The quantitative estimate of drug-likeness (QED) is 0.756. The number of thioether (sulfide) groups is 1. The summed E-state index contributed by atoms with van der Waals surface area (Å²) >= 11 is 1.01. The second-order valence-electron chi connectivity index (χ2n) is 3.99. The van der Waals surface area contributed by atoms with Gasteiger partial charge in [0.25, 0.3) is 5.24 Å². The molecular weight excluding hydrogens is 268 g/mol. The van der Waals surface area contributed by atoms with E-state index in [9.17, 15) is 14.4 Å². The first-order valence-corrected chi connectivity index (χ1v) is 6.58. The monoisotopic (exact) mass is 280 g/mol. The summed E-state index contributed by atoms with van der Waals surface area (Å²) in [5.41, 5.74) is 0.486. The van der Waals surface area contributed by atoms with Crippen LogP contribution in [-0.2, 0) is 9.59 Å². The number of rotatable bonds is 4. The Morgan fingerprint density at radius 3 is 2.58 bits per heavy atom. The Morgan fingerprint density at radius 1 is 1.37 bits per heavy atom. The third-order valence-corrected chi connectivity index (χ3v) is 3.54. The van der Waals surface area contributed by atoms with Gasteiger partial charge in [-0.1, -0.05) is 42.1 Å². The highest BCUT2D eigenvalue weighted by Crippen LogP contribution is 2.16. The van der Waals surface area contributed by atoms with Crippen molar-refractivity contribution < 1.29 is 19.5 Å². The molecule has 0 unspecified atom stereocenters. The van der Waals surface area contributed by atoms with Crippen LogP contribution < -0.4 is 10.6 Å². The topological polar surface area (TPSA) is 95.5 Å². The number of amides is 2. The zero-order chi connectivity index (χ0) is 13.8. The third-order valence-electron chi connectivity index (χ3n) is 2.66. The lowest BCUT2D eigenvalue weighted by molar-refractivity contribution is -0.142. The average Bonchev–Trinajstić information content (AvgIpc) is 2.83. The molecule has 19 heavy (non-hydrogen) atoms. The van der Waals surface area contributed by atoms with E-state index in [2.05, 4.69) is 10.6 Å². The minimum Gasteiger partial charge on any atom is -0.479 e. The molecule has 1 aliphatic heterocycles. The second-order valence-corrected chi connectivity index (χ2v) is 4.98. The molecule has 1 aliphatic rings. The van der Waals surface area contributed by atoms with Gasteiger partial charge in [0.15, 0.2) is 6.04 Å². The first kappa shape index (κ1) is 13.4. The molecule has 2 atom stereocenters. The van der Waals surface area contributed by atoms with Crippen LogP contribution in [-0.4, -0.2) is 34.0 Å². The number of carboxylic acid groups (broad SMARTS) is 1. The van der Waals surface area contributed by atoms with Gasteiger partial charge in [0.1, 0.15) is 6.04 Å². The lowest BCUT2D eigenvalue weighted by Gasteiger charge is -2.17. The van der Waals surface area contributed by atoms with Crippen molar-refractivity contribution in [2.24, 2.45) is 0 Å². The van der Waals surface area contributed by atoms with Crippen molar-refractivity contribution >= 4 is 28.9 Å². The van der Waals surface area contributed by atoms with Gasteiger partial charge >= 0.3 is 5.97 Å². The molecule has 2 rings (SSSR count). The van der Waals surface area contributed by atoms with E-state index in [0.29, 0.717) is 11.3 Å². The average molecular weight is 280 g/mol. The number of carbonyl (C=O) groups is 3. The van der Waals surface area contributed by atoms with E-state index in [-0.39, 0.29) is 5.24 Å². The van der Waals surface area contributed by atoms with Crippen LogP contribution >= 0.6 is 11.8 Å². The highest BCUT2D eigenvalue weighted by Gasteiger charge is 2.31. The normalized spacial score (nSPS) is 19.6. The fourth-order valence-electron chi connectivity index (χ4n) is 1.70. The Labute approximate surface area is 113 Å². The Bertz CT molecular complexity index is 506. The van der Waals surface area contributed by atoms with Crippen molar-refractivity contribution in [3.63, 3.8) is 0 Å². The maximum atomic E-state index is 11.9. The summed E-state index contributed by atoms with van der Waals surface area (Å²) in [5, 5.41) is 13.8. The molecule has 0 aromatic heterocycles. The third kappa shape index (κ3) is 3.25. The molecule has 0 aliphatic carbocycles. The van der Waals surface area contributed by atoms with E-state index in [1.165, 1.54) is 0 Å². The molecule has 6 nitrogen and oxygen atoms in total. The van der Waals surface area contributed by atoms with Crippen LogP contribution in [0.3, 0.4) is 0 Å². The standard InChI is InChI=1S/C12H12N2O4S/c15-10(8-6-19-12(18)13-8)14-9(11(16)17)7-4-2-1-3-5-7/h1-5,8-9H,6H2,(H,13,18)(H,14,15)(H,16,17)/t8-,9-/m0/s1. The van der Waals surface area contributed by atoms with E-state index in [1.807, 2.05) is 0 Å². The molecule has 0 spiro atoms. The van der Waals surface area contributed by atoms with Crippen molar-refractivity contribution in [1.29, 1.82) is 0 Å². The number of aliphatic carboxylic acids is 1. The molecule has 7 heteroatoms. The Morgan fingerprint density at radius 2 is 2.05 bits per heavy atom. The highest BCUT2D eigenvalue weighted by atomic mass is 32.2. The molecule has 1 fully saturated rings. The summed E-state index contributed by atoms with van der Waals surface area (Å²) in [5.74, 6) is -1.32. The van der Waals surface area contributed by atoms with Crippen molar-refractivity contribution in [2.75, 3.05) is 5.75 Å². The summed E-state index contributed by atoms with van der Waals surface area (Å²) < 4.78 is 0. The maximum absolute atomic E-state index is 11.9. The fourth-order valence-corrected chi connectivity index (χ4v) is 2.48. The predicted molar refractivity (Wildman–Crippen MR) is 69.7 cm³/mol. The van der Waals surface area contributed by atoms with Crippen LogP contribution in [0.4, 0.5) is 4.79 Å². The highest BCUT2D eigenvalue weighted by molar-refractivity contribution is 8.14. The van der Waals surface area contributed by atoms with E-state index < -0.39 is 24.0 Å². The van der Waals surface area contributed by atoms with Crippen molar-refractivity contribution in [2.45, 2.75) is 12.1 Å². The number of hydrogen-bond donors (Lipinski definition) is 3. The zero-order valence-electron chi connectivity index (χ0n) is 9.83. The van der Waals surface area contributed by atoms with Gasteiger partial charge in [0, 0.05) is 5.75 Å². The van der Waals surface area contributed by atoms with Gasteiger partial charge in [-0.05, 0) is 5.56 Å². The molecule has 100 valence electrons. The summed E-state index contributed by atoms with van der Waals surface area (Å²) in [4.78, 5) is 34.1. The van der Waals surface area contributed by atoms with Crippen molar-refractivity contribution in [3.05, 3.63) is 35.9 Å². The number of carboxylic acids is 1. The lowest BCUT2D eigenvalue weighted by atomic mass is 10.1. The predicted octanol–water partition coefficient (Wildman–Crippen LogP) is 0.754. The molecular formula is C12H12N2O4S. The minimum atomic E-state index is -1.14. The van der Waals surface area contributed by atoms with Crippen LogP contribution in [0, 0.1) is 0 Å². The Balaban J connectivity index is 2.07. The Kier molecular flexibility index (Phi) is 4.06. The van der Waals surface area contributed by atoms with Crippen LogP contribution in [0.15, 0.2) is 30.3 Å². The molecule has 0 radical (unpaired) electrons. The maximum Gasteiger partial charge on any atom is 0.330 e. The molecule has 1 heterocycles. The molecule has 0 bridgehead atoms. The fraction of sp³-hybridized carbons (Fsp3) is 0.250. The van der Waals surface area contributed by atoms with Crippen LogP contribution in [0.2, 0.25) is 0 Å². The summed E-state index contributed by atoms with van der Waals surface area (Å²) in [6.45, 7) is 0. The van der Waals surface area contributed by atoms with Crippen LogP contribution in [0.5, 0.6) is 0 Å². The molecule has 1 aromatic rings. The Hall–Kier alpha value is -2.02. The van der Waals surface area contributed by atoms with Gasteiger partial charge in [-0.25, -0.2) is 4.79 Å². The number of nitrogens with one attached hydrogen (secondary N) is 2. The number of carbonyl (C=O) groups excluding carboxylic acids is 2. The smallest absolute Gasteiger partial charge is 0.330 e. The summed E-state index contributed by atoms with van der Waals surface area (Å²) in [7, 11) is 0. The van der Waals surface area contributed by atoms with Crippen LogP contribution in [0.25, 0.3) is 0 Å². The van der Waals surface area contributed by atoms with Gasteiger partial charge in [-0.3, -0.25) is 9.59 Å². The minimum absolute atomic E-state index is 0.272. The van der Waals surface area contributed by atoms with Gasteiger partial charge < -0.3 is 15.7 Å². The molecule has 1 aromatic carbocycles. The first-order chi connectivity index (χ1) is 9.08. The van der Waals surface area contributed by atoms with E-state index >= 15 is 0 Å². The summed E-state index contributed by atoms with van der Waals surface area (Å²) in [6, 6.07) is 6.62. The van der Waals surface area contributed by atoms with Gasteiger partial charge in [0.05, 0.1) is 0 Å². The van der Waals surface area contributed by atoms with E-state index in [1.54, 1.807) is 30.3 Å². The lowest BCUT2D eigenvalue weighted by Crippen LogP contribution is -2.45. The van der Waals surface area contributed by atoms with Gasteiger partial charge in [0.2, 0.25) is 5.91 Å². The second kappa shape index (κ2) is 5.75. The largest absolute Gasteiger partial charge is 0.479 e. The van der Waals surface area contributed by atoms with Crippen molar-refractivity contribution in [3.8, 4) is 0 Å². The number of hydrogen-bond acceptors (Lipinski definition) is 4. The SMILES string of the molecule is O=C1N[C@H](C(=O)N[C@H](C(=O)O)c2ccccc2)CS1. The first-order valence-electron chi connectivity index (χ1n) is 5.59. The molecule has 2 amide bonds. The van der Waals surface area contributed by atoms with Crippen molar-refractivity contribution in [1.82, 2.24) is 10.6 Å². The molecule has 3 N–H and O–H groups in total. The van der Waals surface area contributed by atoms with E-state index in [0.717, 1.165) is 11.8 Å². The molecule has 0 saturated carbocycles.